The predicted molar refractivity (Wildman–Crippen MR) is 65.1 cm³/mol. The summed E-state index contributed by atoms with van der Waals surface area (Å²) in [6.45, 7) is 1.55. The number of hydrogen-bond acceptors (Lipinski definition) is 3. The van der Waals surface area contributed by atoms with Crippen molar-refractivity contribution >= 4 is 17.5 Å². The van der Waals surface area contributed by atoms with Crippen LogP contribution in [0.25, 0.3) is 0 Å². The summed E-state index contributed by atoms with van der Waals surface area (Å²) in [5.74, 6) is 1.54. The lowest BCUT2D eigenvalue weighted by molar-refractivity contribution is 0.0942. The first kappa shape index (κ1) is 12.0. The molecule has 1 N–H and O–H groups in total. The normalized spacial score (nSPS) is 13.2. The molecule has 0 unspecified atom stereocenters. The number of benzene rings is 1. The Balaban J connectivity index is 2.12. The molecule has 0 saturated carbocycles. The number of carbonyl (C=O) groups is 1. The first-order valence-electron chi connectivity index (χ1n) is 5.55. The Morgan fingerprint density at radius 2 is 2.18 bits per heavy atom. The van der Waals surface area contributed by atoms with Crippen molar-refractivity contribution in [1.29, 1.82) is 0 Å². The molecular weight excluding hydrogens is 242 g/mol. The molecule has 1 aliphatic heterocycles. The highest BCUT2D eigenvalue weighted by atomic mass is 35.5. The second kappa shape index (κ2) is 5.77. The SMILES string of the molecule is O=C(NCCCCl)c1cccc2c1OCCO2. The Morgan fingerprint density at radius 3 is 3.00 bits per heavy atom. The van der Waals surface area contributed by atoms with Crippen LogP contribution in [0.15, 0.2) is 18.2 Å². The molecular formula is C12H14ClNO3. The molecule has 1 amide bonds. The van der Waals surface area contributed by atoms with Gasteiger partial charge < -0.3 is 14.8 Å². The second-order valence-corrected chi connectivity index (χ2v) is 4.01. The number of halogens is 1. The summed E-state index contributed by atoms with van der Waals surface area (Å²) < 4.78 is 10.9. The van der Waals surface area contributed by atoms with E-state index < -0.39 is 0 Å². The summed E-state index contributed by atoms with van der Waals surface area (Å²) in [4.78, 5) is 11.9. The van der Waals surface area contributed by atoms with E-state index in [0.717, 1.165) is 6.42 Å². The summed E-state index contributed by atoms with van der Waals surface area (Å²) >= 11 is 5.55. The summed E-state index contributed by atoms with van der Waals surface area (Å²) in [7, 11) is 0. The van der Waals surface area contributed by atoms with Crippen molar-refractivity contribution in [1.82, 2.24) is 5.32 Å². The number of hydrogen-bond donors (Lipinski definition) is 1. The molecule has 92 valence electrons. The Bertz CT molecular complexity index is 409. The fourth-order valence-electron chi connectivity index (χ4n) is 1.62. The van der Waals surface area contributed by atoms with Crippen LogP contribution in [0.1, 0.15) is 16.8 Å². The third kappa shape index (κ3) is 2.82. The van der Waals surface area contributed by atoms with Gasteiger partial charge in [0.2, 0.25) is 0 Å². The van der Waals surface area contributed by atoms with Crippen molar-refractivity contribution in [3.63, 3.8) is 0 Å². The van der Waals surface area contributed by atoms with E-state index in [9.17, 15) is 4.79 Å². The number of fused-ring (bicyclic) bond motifs is 1. The lowest BCUT2D eigenvalue weighted by atomic mass is 10.1. The van der Waals surface area contributed by atoms with E-state index in [4.69, 9.17) is 21.1 Å². The van der Waals surface area contributed by atoms with Crippen LogP contribution in [0.3, 0.4) is 0 Å². The number of para-hydroxylation sites is 1. The van der Waals surface area contributed by atoms with E-state index in [-0.39, 0.29) is 5.91 Å². The highest BCUT2D eigenvalue weighted by Crippen LogP contribution is 2.33. The van der Waals surface area contributed by atoms with Crippen LogP contribution in [0.4, 0.5) is 0 Å². The van der Waals surface area contributed by atoms with Crippen molar-refractivity contribution in [2.24, 2.45) is 0 Å². The Morgan fingerprint density at radius 1 is 1.35 bits per heavy atom. The van der Waals surface area contributed by atoms with Gasteiger partial charge in [-0.2, -0.15) is 0 Å². The number of amides is 1. The van der Waals surface area contributed by atoms with Crippen LogP contribution in [0.5, 0.6) is 11.5 Å². The molecule has 0 radical (unpaired) electrons. The van der Waals surface area contributed by atoms with E-state index in [0.29, 0.717) is 42.7 Å². The number of rotatable bonds is 4. The maximum Gasteiger partial charge on any atom is 0.255 e. The number of alkyl halides is 1. The maximum absolute atomic E-state index is 11.9. The fraction of sp³-hybridized carbons (Fsp3) is 0.417. The first-order valence-corrected chi connectivity index (χ1v) is 6.09. The number of ether oxygens (including phenoxy) is 2. The molecule has 5 heteroatoms. The van der Waals surface area contributed by atoms with E-state index in [1.54, 1.807) is 18.2 Å². The molecule has 17 heavy (non-hydrogen) atoms. The third-order valence-electron chi connectivity index (χ3n) is 2.41. The topological polar surface area (TPSA) is 47.6 Å². The predicted octanol–water partition coefficient (Wildman–Crippen LogP) is 1.82. The zero-order chi connectivity index (χ0) is 12.1. The number of nitrogens with one attached hydrogen (secondary N) is 1. The molecule has 2 rings (SSSR count). The Kier molecular flexibility index (Phi) is 4.09. The minimum Gasteiger partial charge on any atom is -0.486 e. The summed E-state index contributed by atoms with van der Waals surface area (Å²) in [5, 5.41) is 2.79. The molecule has 1 aromatic carbocycles. The van der Waals surface area contributed by atoms with Gasteiger partial charge >= 0.3 is 0 Å². The van der Waals surface area contributed by atoms with Gasteiger partial charge in [-0.25, -0.2) is 0 Å². The molecule has 1 heterocycles. The second-order valence-electron chi connectivity index (χ2n) is 3.63. The molecule has 4 nitrogen and oxygen atoms in total. The van der Waals surface area contributed by atoms with Crippen LogP contribution in [0, 0.1) is 0 Å². The molecule has 0 aromatic heterocycles. The lowest BCUT2D eigenvalue weighted by Crippen LogP contribution is -2.26. The fourth-order valence-corrected chi connectivity index (χ4v) is 1.75. The third-order valence-corrected chi connectivity index (χ3v) is 2.67. The maximum atomic E-state index is 11.9. The summed E-state index contributed by atoms with van der Waals surface area (Å²) in [6, 6.07) is 5.30. The van der Waals surface area contributed by atoms with Crippen LogP contribution in [-0.2, 0) is 0 Å². The summed E-state index contributed by atoms with van der Waals surface area (Å²) in [6.07, 6.45) is 0.750. The van der Waals surface area contributed by atoms with Crippen LogP contribution < -0.4 is 14.8 Å². The van der Waals surface area contributed by atoms with Gasteiger partial charge in [0.05, 0.1) is 5.56 Å². The largest absolute Gasteiger partial charge is 0.486 e. The molecule has 0 aliphatic carbocycles. The Hall–Kier alpha value is -1.42. The van der Waals surface area contributed by atoms with Gasteiger partial charge in [-0.05, 0) is 18.6 Å². The van der Waals surface area contributed by atoms with Crippen LogP contribution >= 0.6 is 11.6 Å². The first-order chi connectivity index (χ1) is 8.33. The monoisotopic (exact) mass is 255 g/mol. The molecule has 0 spiro atoms. The highest BCUT2D eigenvalue weighted by Gasteiger charge is 2.19. The van der Waals surface area contributed by atoms with Gasteiger partial charge in [0.15, 0.2) is 11.5 Å². The zero-order valence-electron chi connectivity index (χ0n) is 9.37. The van der Waals surface area contributed by atoms with Crippen LogP contribution in [-0.4, -0.2) is 31.5 Å². The quantitative estimate of drug-likeness (QED) is 0.659. The molecule has 0 atom stereocenters. The van der Waals surface area contributed by atoms with Gasteiger partial charge in [0.25, 0.3) is 5.91 Å². The molecule has 1 aliphatic rings. The van der Waals surface area contributed by atoms with Gasteiger partial charge in [-0.3, -0.25) is 4.79 Å². The van der Waals surface area contributed by atoms with E-state index in [1.165, 1.54) is 0 Å². The van der Waals surface area contributed by atoms with Gasteiger partial charge in [-0.15, -0.1) is 11.6 Å². The van der Waals surface area contributed by atoms with E-state index >= 15 is 0 Å². The average molecular weight is 256 g/mol. The van der Waals surface area contributed by atoms with Crippen molar-refractivity contribution in [3.8, 4) is 11.5 Å². The van der Waals surface area contributed by atoms with Crippen molar-refractivity contribution in [2.75, 3.05) is 25.6 Å². The lowest BCUT2D eigenvalue weighted by Gasteiger charge is -2.20. The number of carbonyl (C=O) groups excluding carboxylic acids is 1. The van der Waals surface area contributed by atoms with E-state index in [1.807, 2.05) is 0 Å². The summed E-state index contributed by atoms with van der Waals surface area (Å²) in [5.41, 5.74) is 0.511. The smallest absolute Gasteiger partial charge is 0.255 e. The van der Waals surface area contributed by atoms with Gasteiger partial charge in [0, 0.05) is 12.4 Å². The zero-order valence-corrected chi connectivity index (χ0v) is 10.1. The van der Waals surface area contributed by atoms with Crippen LogP contribution in [0.2, 0.25) is 0 Å². The van der Waals surface area contributed by atoms with Crippen molar-refractivity contribution < 1.29 is 14.3 Å². The minimum absolute atomic E-state index is 0.155. The van der Waals surface area contributed by atoms with Gasteiger partial charge in [0.1, 0.15) is 13.2 Å². The van der Waals surface area contributed by atoms with Crippen molar-refractivity contribution in [3.05, 3.63) is 23.8 Å². The van der Waals surface area contributed by atoms with Crippen molar-refractivity contribution in [2.45, 2.75) is 6.42 Å². The Labute approximate surface area is 105 Å². The van der Waals surface area contributed by atoms with Gasteiger partial charge in [-0.1, -0.05) is 6.07 Å². The average Bonchev–Trinajstić information content (AvgIpc) is 2.38. The molecule has 0 fully saturated rings. The molecule has 0 bridgehead atoms. The van der Waals surface area contributed by atoms with E-state index in [2.05, 4.69) is 5.32 Å². The molecule has 0 saturated heterocycles. The standard InChI is InChI=1S/C12H14ClNO3/c13-5-2-6-14-12(15)9-3-1-4-10-11(9)17-8-7-16-10/h1,3-4H,2,5-8H2,(H,14,15). The minimum atomic E-state index is -0.155. The highest BCUT2D eigenvalue weighted by molar-refractivity contribution is 6.17. The molecule has 1 aromatic rings.